The molecule has 4 rings (SSSR count). The number of hydrogen-bond donors (Lipinski definition) is 3. The summed E-state index contributed by atoms with van der Waals surface area (Å²) in [5.41, 5.74) is 3.61. The van der Waals surface area contributed by atoms with E-state index in [1.54, 1.807) is 17.8 Å². The summed E-state index contributed by atoms with van der Waals surface area (Å²) in [6.07, 6.45) is 4.39. The number of carboxylic acid groups (broad SMARTS) is 1. The number of carboxylic acids is 1. The summed E-state index contributed by atoms with van der Waals surface area (Å²) < 4.78 is 19.8. The number of carbonyl (C=O) groups excluding carboxylic acids is 1. The lowest BCUT2D eigenvalue weighted by Crippen LogP contribution is -2.36. The topological polar surface area (TPSA) is 87.7 Å². The molecular formula is C26H27FN2O4S. The predicted molar refractivity (Wildman–Crippen MR) is 133 cm³/mol. The van der Waals surface area contributed by atoms with Gasteiger partial charge in [0.15, 0.2) is 0 Å². The highest BCUT2D eigenvalue weighted by molar-refractivity contribution is 7.98. The van der Waals surface area contributed by atoms with Crippen molar-refractivity contribution < 1.29 is 23.8 Å². The molecule has 0 radical (unpaired) electrons. The summed E-state index contributed by atoms with van der Waals surface area (Å²) in [6, 6.07) is 11.5. The quantitative estimate of drug-likeness (QED) is 0.474. The SMILES string of the molecule is CSCC[C@H](NCc1ccc(C2=C/C(=C3\C(=O)Nc4cc(F)ccc43)OC2(C)C)cc1)C(=O)O. The summed E-state index contributed by atoms with van der Waals surface area (Å²) in [6.45, 7) is 4.32. The van der Waals surface area contributed by atoms with Gasteiger partial charge in [0.2, 0.25) is 0 Å². The van der Waals surface area contributed by atoms with E-state index in [-0.39, 0.29) is 5.91 Å². The number of ether oxygens (including phenoxy) is 1. The number of rotatable bonds is 8. The molecule has 1 amide bonds. The fourth-order valence-corrected chi connectivity index (χ4v) is 4.67. The number of allylic oxidation sites excluding steroid dienone is 1. The molecule has 1 atom stereocenters. The highest BCUT2D eigenvalue weighted by atomic mass is 32.2. The largest absolute Gasteiger partial charge is 0.482 e. The van der Waals surface area contributed by atoms with Crippen LogP contribution in [0.2, 0.25) is 0 Å². The van der Waals surface area contributed by atoms with Crippen molar-refractivity contribution in [2.75, 3.05) is 17.3 Å². The maximum absolute atomic E-state index is 13.6. The third-order valence-corrected chi connectivity index (χ3v) is 6.63. The molecule has 2 aromatic carbocycles. The molecule has 2 aliphatic heterocycles. The summed E-state index contributed by atoms with van der Waals surface area (Å²) in [7, 11) is 0. The van der Waals surface area contributed by atoms with Crippen LogP contribution in [0.15, 0.2) is 54.3 Å². The highest BCUT2D eigenvalue weighted by Crippen LogP contribution is 2.44. The van der Waals surface area contributed by atoms with Gasteiger partial charge in [-0.1, -0.05) is 24.3 Å². The van der Waals surface area contributed by atoms with Crippen LogP contribution < -0.4 is 10.6 Å². The number of carbonyl (C=O) groups is 2. The summed E-state index contributed by atoms with van der Waals surface area (Å²) in [5.74, 6) is -0.350. The van der Waals surface area contributed by atoms with Gasteiger partial charge >= 0.3 is 5.97 Å². The first-order chi connectivity index (χ1) is 16.2. The summed E-state index contributed by atoms with van der Waals surface area (Å²) in [4.78, 5) is 24.1. The fourth-order valence-electron chi connectivity index (χ4n) is 4.20. The number of hydrogen-bond acceptors (Lipinski definition) is 5. The van der Waals surface area contributed by atoms with Crippen LogP contribution in [0.1, 0.15) is 37.0 Å². The third kappa shape index (κ3) is 4.88. The number of aliphatic carboxylic acids is 1. The van der Waals surface area contributed by atoms with E-state index in [4.69, 9.17) is 4.74 Å². The first kappa shape index (κ1) is 24.0. The molecule has 0 aliphatic carbocycles. The van der Waals surface area contributed by atoms with Gasteiger partial charge in [0, 0.05) is 17.7 Å². The van der Waals surface area contributed by atoms with E-state index in [1.165, 1.54) is 12.1 Å². The lowest BCUT2D eigenvalue weighted by atomic mass is 9.91. The number of benzene rings is 2. The monoisotopic (exact) mass is 482 g/mol. The molecule has 0 unspecified atom stereocenters. The molecule has 0 saturated heterocycles. The van der Waals surface area contributed by atoms with Crippen molar-refractivity contribution in [3.8, 4) is 0 Å². The minimum atomic E-state index is -0.846. The molecule has 2 heterocycles. The van der Waals surface area contributed by atoms with Crippen LogP contribution >= 0.6 is 11.8 Å². The number of amides is 1. The van der Waals surface area contributed by atoms with Crippen molar-refractivity contribution in [3.63, 3.8) is 0 Å². The Morgan fingerprint density at radius 2 is 1.97 bits per heavy atom. The zero-order valence-corrected chi connectivity index (χ0v) is 20.1. The lowest BCUT2D eigenvalue weighted by Gasteiger charge is -2.23. The van der Waals surface area contributed by atoms with Gasteiger partial charge in [-0.3, -0.25) is 9.59 Å². The maximum Gasteiger partial charge on any atom is 0.320 e. The number of nitrogens with one attached hydrogen (secondary N) is 2. The molecule has 0 bridgehead atoms. The van der Waals surface area contributed by atoms with Crippen molar-refractivity contribution in [2.45, 2.75) is 38.5 Å². The van der Waals surface area contributed by atoms with Crippen LogP contribution in [0.4, 0.5) is 10.1 Å². The molecule has 0 saturated carbocycles. The Balaban J connectivity index is 1.56. The molecule has 0 aromatic heterocycles. The van der Waals surface area contributed by atoms with Crippen LogP contribution in [0.25, 0.3) is 11.1 Å². The molecule has 34 heavy (non-hydrogen) atoms. The van der Waals surface area contributed by atoms with E-state index >= 15 is 0 Å². The normalized spacial score (nSPS) is 19.3. The van der Waals surface area contributed by atoms with Crippen LogP contribution in [0.3, 0.4) is 0 Å². The number of anilines is 1. The number of thioether (sulfide) groups is 1. The van der Waals surface area contributed by atoms with Crippen LogP contribution in [0.5, 0.6) is 0 Å². The van der Waals surface area contributed by atoms with E-state index in [2.05, 4.69) is 10.6 Å². The minimum Gasteiger partial charge on any atom is -0.482 e. The van der Waals surface area contributed by atoms with Crippen LogP contribution in [-0.2, 0) is 20.9 Å². The standard InChI is InChI=1S/C26H27FN2O4S/c1-26(2)19(13-22(33-26)23-18-9-8-17(27)12-21(18)29-24(23)30)16-6-4-15(5-7-16)14-28-20(25(31)32)10-11-34-3/h4-9,12-13,20,28H,10-11,14H2,1-3H3,(H,29,30)(H,31,32)/b23-22+/t20-/m0/s1. The fraction of sp³-hybridized carbons (Fsp3) is 0.308. The van der Waals surface area contributed by atoms with E-state index < -0.39 is 23.4 Å². The van der Waals surface area contributed by atoms with Gasteiger partial charge in [0.05, 0.1) is 11.3 Å². The van der Waals surface area contributed by atoms with Crippen molar-refractivity contribution in [1.29, 1.82) is 0 Å². The van der Waals surface area contributed by atoms with Gasteiger partial charge in [0.1, 0.15) is 23.2 Å². The van der Waals surface area contributed by atoms with E-state index in [1.807, 2.05) is 50.4 Å². The number of halogens is 1. The van der Waals surface area contributed by atoms with Gasteiger partial charge in [-0.05, 0) is 67.7 Å². The highest BCUT2D eigenvalue weighted by Gasteiger charge is 2.38. The molecule has 0 spiro atoms. The number of fused-ring (bicyclic) bond motifs is 1. The van der Waals surface area contributed by atoms with Gasteiger partial charge < -0.3 is 20.5 Å². The second-order valence-corrected chi connectivity index (χ2v) is 9.79. The zero-order valence-electron chi connectivity index (χ0n) is 19.3. The average molecular weight is 483 g/mol. The van der Waals surface area contributed by atoms with Gasteiger partial charge in [-0.15, -0.1) is 0 Å². The van der Waals surface area contributed by atoms with Gasteiger partial charge in [-0.2, -0.15) is 11.8 Å². The second kappa shape index (κ2) is 9.64. The predicted octanol–water partition coefficient (Wildman–Crippen LogP) is 4.68. The van der Waals surface area contributed by atoms with Gasteiger partial charge in [0.25, 0.3) is 5.91 Å². The van der Waals surface area contributed by atoms with Crippen molar-refractivity contribution in [1.82, 2.24) is 5.32 Å². The average Bonchev–Trinajstić information content (AvgIpc) is 3.27. The molecule has 6 nitrogen and oxygen atoms in total. The molecule has 3 N–H and O–H groups in total. The Morgan fingerprint density at radius 1 is 1.24 bits per heavy atom. The summed E-state index contributed by atoms with van der Waals surface area (Å²) >= 11 is 1.62. The first-order valence-corrected chi connectivity index (χ1v) is 12.4. The van der Waals surface area contributed by atoms with Crippen LogP contribution in [0, 0.1) is 5.82 Å². The first-order valence-electron chi connectivity index (χ1n) is 11.0. The van der Waals surface area contributed by atoms with Crippen molar-refractivity contribution in [2.24, 2.45) is 0 Å². The molecule has 178 valence electrons. The Hall–Kier alpha value is -3.10. The molecule has 2 aromatic rings. The molecule has 0 fully saturated rings. The zero-order chi connectivity index (χ0) is 24.5. The molecule has 2 aliphatic rings. The lowest BCUT2D eigenvalue weighted by molar-refractivity contribution is -0.139. The van der Waals surface area contributed by atoms with Crippen molar-refractivity contribution in [3.05, 3.63) is 76.8 Å². The Bertz CT molecular complexity index is 1190. The second-order valence-electron chi connectivity index (χ2n) is 8.80. The van der Waals surface area contributed by atoms with E-state index in [0.717, 1.165) is 22.5 Å². The van der Waals surface area contributed by atoms with E-state index in [0.29, 0.717) is 35.5 Å². The van der Waals surface area contributed by atoms with E-state index in [9.17, 15) is 19.1 Å². The minimum absolute atomic E-state index is 0.320. The molecule has 8 heteroatoms. The maximum atomic E-state index is 13.6. The van der Waals surface area contributed by atoms with Crippen LogP contribution in [-0.4, -0.2) is 40.6 Å². The van der Waals surface area contributed by atoms with Crippen molar-refractivity contribution >= 4 is 40.5 Å². The third-order valence-electron chi connectivity index (χ3n) is 5.99. The smallest absolute Gasteiger partial charge is 0.320 e. The van der Waals surface area contributed by atoms with Gasteiger partial charge in [-0.25, -0.2) is 4.39 Å². The Labute approximate surface area is 202 Å². The Kier molecular flexibility index (Phi) is 6.81. The summed E-state index contributed by atoms with van der Waals surface area (Å²) in [5, 5.41) is 15.2. The molecular weight excluding hydrogens is 455 g/mol. The Morgan fingerprint density at radius 3 is 2.65 bits per heavy atom.